The number of carbonyl (C=O) groups is 3. The molecule has 0 bridgehead atoms. The van der Waals surface area contributed by atoms with E-state index in [1.165, 1.54) is 0 Å². The molecule has 0 aliphatic heterocycles. The van der Waals surface area contributed by atoms with Crippen LogP contribution in [0.15, 0.2) is 0 Å². The number of urea groups is 1. The summed E-state index contributed by atoms with van der Waals surface area (Å²) in [5.41, 5.74) is 0. The van der Waals surface area contributed by atoms with Gasteiger partial charge in [0.25, 0.3) is 5.91 Å². The van der Waals surface area contributed by atoms with Crippen molar-refractivity contribution in [2.24, 2.45) is 0 Å². The third-order valence-electron chi connectivity index (χ3n) is 1.75. The van der Waals surface area contributed by atoms with Crippen LogP contribution in [0.1, 0.15) is 19.3 Å². The molecule has 18 heavy (non-hydrogen) atoms. The number of rotatable bonds is 8. The molecule has 3 amide bonds. The number of hydrogen-bond donors (Lipinski definition) is 3. The largest absolute Gasteiger partial charge is 0.480 e. The minimum absolute atomic E-state index is 0.413. The third kappa shape index (κ3) is 10.4. The monoisotopic (exact) mass is 256 g/mol. The predicted molar refractivity (Wildman–Crippen MR) is 62.7 cm³/mol. The van der Waals surface area contributed by atoms with Crippen molar-refractivity contribution in [2.75, 3.05) is 19.8 Å². The highest BCUT2D eigenvalue weighted by Gasteiger charge is 2.07. The van der Waals surface area contributed by atoms with E-state index in [2.05, 4.69) is 16.0 Å². The lowest BCUT2D eigenvalue weighted by Crippen LogP contribution is -2.41. The first-order valence-electron chi connectivity index (χ1n) is 5.37. The van der Waals surface area contributed by atoms with E-state index in [-0.39, 0.29) is 0 Å². The van der Waals surface area contributed by atoms with Crippen molar-refractivity contribution in [3.63, 3.8) is 0 Å². The molecular formula is C11H16N2O5. The van der Waals surface area contributed by atoms with E-state index < -0.39 is 31.1 Å². The lowest BCUT2D eigenvalue weighted by atomic mass is 10.2. The predicted octanol–water partition coefficient (Wildman–Crippen LogP) is -0.283. The third-order valence-corrected chi connectivity index (χ3v) is 1.75. The van der Waals surface area contributed by atoms with Crippen molar-refractivity contribution in [2.45, 2.75) is 19.3 Å². The number of carbonyl (C=O) groups excluding carboxylic acids is 2. The zero-order chi connectivity index (χ0) is 13.8. The standard InChI is InChI=1S/C11H16N2O5/c1-2-3-4-5-6-12-11(17)13-9(14)7-18-8-10(15)16/h1H,3-8H2,(H,15,16)(H2,12,13,14,17). The molecule has 0 aromatic heterocycles. The quantitative estimate of drug-likeness (QED) is 0.409. The Morgan fingerprint density at radius 1 is 1.22 bits per heavy atom. The minimum Gasteiger partial charge on any atom is -0.480 e. The van der Waals surface area contributed by atoms with Gasteiger partial charge in [-0.2, -0.15) is 0 Å². The Morgan fingerprint density at radius 3 is 2.56 bits per heavy atom. The van der Waals surface area contributed by atoms with Crippen LogP contribution in [0.3, 0.4) is 0 Å². The van der Waals surface area contributed by atoms with E-state index in [4.69, 9.17) is 11.5 Å². The summed E-state index contributed by atoms with van der Waals surface area (Å²) in [7, 11) is 0. The van der Waals surface area contributed by atoms with Crippen LogP contribution in [0, 0.1) is 12.3 Å². The highest BCUT2D eigenvalue weighted by atomic mass is 16.5. The van der Waals surface area contributed by atoms with Gasteiger partial charge in [0.15, 0.2) is 0 Å². The Labute approximate surface area is 105 Å². The van der Waals surface area contributed by atoms with Gasteiger partial charge in [0, 0.05) is 13.0 Å². The van der Waals surface area contributed by atoms with Gasteiger partial charge >= 0.3 is 12.0 Å². The number of terminal acetylenes is 1. The maximum Gasteiger partial charge on any atom is 0.329 e. The van der Waals surface area contributed by atoms with Crippen molar-refractivity contribution in [3.8, 4) is 12.3 Å². The SMILES string of the molecule is C#CCCCCNC(=O)NC(=O)COCC(=O)O. The average Bonchev–Trinajstić information content (AvgIpc) is 2.28. The number of hydrogen-bond acceptors (Lipinski definition) is 4. The Balaban J connectivity index is 3.53. The average molecular weight is 256 g/mol. The molecule has 100 valence electrons. The fraction of sp³-hybridized carbons (Fsp3) is 0.545. The van der Waals surface area contributed by atoms with Gasteiger partial charge in [0.05, 0.1) is 0 Å². The maximum atomic E-state index is 11.1. The number of carboxylic acids is 1. The molecule has 0 rings (SSSR count). The van der Waals surface area contributed by atoms with Crippen LogP contribution in [-0.2, 0) is 14.3 Å². The van der Waals surface area contributed by atoms with Crippen LogP contribution >= 0.6 is 0 Å². The number of imide groups is 1. The molecule has 0 saturated heterocycles. The van der Waals surface area contributed by atoms with Crippen molar-refractivity contribution in [1.82, 2.24) is 10.6 Å². The summed E-state index contributed by atoms with van der Waals surface area (Å²) >= 11 is 0. The lowest BCUT2D eigenvalue weighted by molar-refractivity contribution is -0.143. The summed E-state index contributed by atoms with van der Waals surface area (Å²) in [6, 6.07) is -0.639. The number of aliphatic carboxylic acids is 1. The van der Waals surface area contributed by atoms with Gasteiger partial charge in [-0.1, -0.05) is 0 Å². The topological polar surface area (TPSA) is 105 Å². The molecule has 0 aliphatic rings. The van der Waals surface area contributed by atoms with Gasteiger partial charge in [0.1, 0.15) is 13.2 Å². The Hall–Kier alpha value is -2.07. The molecule has 0 radical (unpaired) electrons. The van der Waals surface area contributed by atoms with Gasteiger partial charge in [-0.05, 0) is 12.8 Å². The van der Waals surface area contributed by atoms with Gasteiger partial charge < -0.3 is 15.2 Å². The molecule has 0 atom stereocenters. The fourth-order valence-electron chi connectivity index (χ4n) is 0.992. The summed E-state index contributed by atoms with van der Waals surface area (Å²) in [5, 5.41) is 12.7. The molecule has 7 heteroatoms. The van der Waals surface area contributed by atoms with Crippen LogP contribution in [-0.4, -0.2) is 42.8 Å². The van der Waals surface area contributed by atoms with Gasteiger partial charge in [-0.15, -0.1) is 12.3 Å². The second-order valence-corrected chi connectivity index (χ2v) is 3.35. The molecule has 0 saturated carbocycles. The van der Waals surface area contributed by atoms with Crippen molar-refractivity contribution < 1.29 is 24.2 Å². The van der Waals surface area contributed by atoms with E-state index in [9.17, 15) is 14.4 Å². The smallest absolute Gasteiger partial charge is 0.329 e. The van der Waals surface area contributed by atoms with Crippen LogP contribution in [0.25, 0.3) is 0 Å². The van der Waals surface area contributed by atoms with Crippen molar-refractivity contribution in [1.29, 1.82) is 0 Å². The zero-order valence-electron chi connectivity index (χ0n) is 9.90. The molecule has 0 heterocycles. The number of unbranched alkanes of at least 4 members (excludes halogenated alkanes) is 2. The molecule has 0 spiro atoms. The van der Waals surface area contributed by atoms with Gasteiger partial charge in [0.2, 0.25) is 0 Å². The first-order chi connectivity index (χ1) is 8.56. The van der Waals surface area contributed by atoms with Crippen LogP contribution in [0.2, 0.25) is 0 Å². The summed E-state index contributed by atoms with van der Waals surface area (Å²) < 4.78 is 4.50. The maximum absolute atomic E-state index is 11.1. The molecule has 7 nitrogen and oxygen atoms in total. The first kappa shape index (κ1) is 15.9. The number of amides is 3. The van der Waals surface area contributed by atoms with Crippen LogP contribution in [0.4, 0.5) is 4.79 Å². The Morgan fingerprint density at radius 2 is 1.94 bits per heavy atom. The number of nitrogens with one attached hydrogen (secondary N) is 2. The highest BCUT2D eigenvalue weighted by molar-refractivity contribution is 5.94. The Kier molecular flexibility index (Phi) is 8.95. The highest BCUT2D eigenvalue weighted by Crippen LogP contribution is 1.90. The van der Waals surface area contributed by atoms with E-state index >= 15 is 0 Å². The van der Waals surface area contributed by atoms with Crippen molar-refractivity contribution >= 4 is 17.9 Å². The van der Waals surface area contributed by atoms with E-state index in [1.54, 1.807) is 0 Å². The molecule has 0 aliphatic carbocycles. The van der Waals surface area contributed by atoms with Crippen LogP contribution in [0.5, 0.6) is 0 Å². The van der Waals surface area contributed by atoms with Gasteiger partial charge in [-0.3, -0.25) is 10.1 Å². The van der Waals surface area contributed by atoms with E-state index in [0.717, 1.165) is 12.8 Å². The first-order valence-corrected chi connectivity index (χ1v) is 5.37. The normalized spacial score (nSPS) is 9.28. The molecule has 3 N–H and O–H groups in total. The number of ether oxygens (including phenoxy) is 1. The Bertz CT molecular complexity index is 335. The summed E-state index contributed by atoms with van der Waals surface area (Å²) in [5.74, 6) is 0.597. The number of carboxylic acid groups (broad SMARTS) is 1. The molecule has 0 fully saturated rings. The lowest BCUT2D eigenvalue weighted by Gasteiger charge is -2.06. The van der Waals surface area contributed by atoms with Crippen molar-refractivity contribution in [3.05, 3.63) is 0 Å². The summed E-state index contributed by atoms with van der Waals surface area (Å²) in [6.07, 6.45) is 7.22. The fourth-order valence-corrected chi connectivity index (χ4v) is 0.992. The second-order valence-electron chi connectivity index (χ2n) is 3.35. The van der Waals surface area contributed by atoms with Crippen LogP contribution < -0.4 is 10.6 Å². The summed E-state index contributed by atoms with van der Waals surface area (Å²) in [6.45, 7) is -0.644. The molecule has 0 aromatic rings. The zero-order valence-corrected chi connectivity index (χ0v) is 9.90. The van der Waals surface area contributed by atoms with Gasteiger partial charge in [-0.25, -0.2) is 9.59 Å². The van der Waals surface area contributed by atoms with E-state index in [0.29, 0.717) is 13.0 Å². The second kappa shape index (κ2) is 10.1. The molecule has 0 aromatic carbocycles. The van der Waals surface area contributed by atoms with E-state index in [1.807, 2.05) is 5.32 Å². The summed E-state index contributed by atoms with van der Waals surface area (Å²) in [4.78, 5) is 32.3. The minimum atomic E-state index is -1.18. The molecule has 0 unspecified atom stereocenters. The molecular weight excluding hydrogens is 240 g/mol.